The number of hydrogen-bond donors (Lipinski definition) is 2. The Labute approximate surface area is 141 Å². The molecule has 0 saturated heterocycles. The summed E-state index contributed by atoms with van der Waals surface area (Å²) in [5, 5.41) is 15.9. The molecular formula is C18H22N6. The highest BCUT2D eigenvalue weighted by molar-refractivity contribution is 5.40. The van der Waals surface area contributed by atoms with E-state index < -0.39 is 0 Å². The lowest BCUT2D eigenvalue weighted by Gasteiger charge is -2.25. The van der Waals surface area contributed by atoms with Crippen molar-refractivity contribution in [2.75, 3.05) is 18.4 Å². The Morgan fingerprint density at radius 1 is 1.29 bits per heavy atom. The fourth-order valence-electron chi connectivity index (χ4n) is 3.23. The summed E-state index contributed by atoms with van der Waals surface area (Å²) in [7, 11) is 0. The molecule has 124 valence electrons. The second-order valence-electron chi connectivity index (χ2n) is 6.31. The average Bonchev–Trinajstić information content (AvgIpc) is 3.23. The molecule has 0 fully saturated rings. The molecule has 0 bridgehead atoms. The first-order valence-electron chi connectivity index (χ1n) is 8.36. The van der Waals surface area contributed by atoms with E-state index in [0.29, 0.717) is 5.92 Å². The zero-order valence-corrected chi connectivity index (χ0v) is 13.8. The molecule has 1 aliphatic rings. The van der Waals surface area contributed by atoms with E-state index in [4.69, 9.17) is 0 Å². The standard InChI is InChI=1S/C18H22N6/c1-14-9-18-20-11-15(13-24(18)22-14)10-19-12-16-5-2-3-6-17(16)23-8-4-7-21-23/h2-9,15,19-20H,10-13H2,1H3/t15-/m0/s1. The molecule has 24 heavy (non-hydrogen) atoms. The molecule has 3 aromatic rings. The minimum atomic E-state index is 0.536. The van der Waals surface area contributed by atoms with E-state index in [2.05, 4.69) is 49.8 Å². The van der Waals surface area contributed by atoms with Gasteiger partial charge in [0, 0.05) is 50.6 Å². The van der Waals surface area contributed by atoms with E-state index >= 15 is 0 Å². The zero-order chi connectivity index (χ0) is 16.4. The van der Waals surface area contributed by atoms with Gasteiger partial charge in [-0.05, 0) is 24.6 Å². The molecule has 2 N–H and O–H groups in total. The van der Waals surface area contributed by atoms with Gasteiger partial charge in [0.2, 0.25) is 0 Å². The van der Waals surface area contributed by atoms with Crippen LogP contribution in [0.15, 0.2) is 48.8 Å². The monoisotopic (exact) mass is 322 g/mol. The predicted octanol–water partition coefficient (Wildman–Crippen LogP) is 2.21. The number of aromatic nitrogens is 4. The number of hydrogen-bond acceptors (Lipinski definition) is 4. The van der Waals surface area contributed by atoms with Crippen molar-refractivity contribution in [3.8, 4) is 5.69 Å². The van der Waals surface area contributed by atoms with Crippen LogP contribution in [0.2, 0.25) is 0 Å². The van der Waals surface area contributed by atoms with E-state index in [-0.39, 0.29) is 0 Å². The minimum Gasteiger partial charge on any atom is -0.370 e. The Morgan fingerprint density at radius 3 is 3.08 bits per heavy atom. The van der Waals surface area contributed by atoms with Crippen molar-refractivity contribution in [1.82, 2.24) is 24.9 Å². The van der Waals surface area contributed by atoms with E-state index in [1.165, 1.54) is 5.56 Å². The summed E-state index contributed by atoms with van der Waals surface area (Å²) in [6.45, 7) is 5.77. The van der Waals surface area contributed by atoms with E-state index in [1.807, 2.05) is 36.1 Å². The largest absolute Gasteiger partial charge is 0.370 e. The van der Waals surface area contributed by atoms with Crippen molar-refractivity contribution in [2.45, 2.75) is 20.0 Å². The first-order chi connectivity index (χ1) is 11.8. The van der Waals surface area contributed by atoms with Crippen LogP contribution in [0.25, 0.3) is 5.69 Å². The summed E-state index contributed by atoms with van der Waals surface area (Å²) in [6, 6.07) is 12.4. The Hall–Kier alpha value is -2.60. The van der Waals surface area contributed by atoms with Crippen LogP contribution in [0.4, 0.5) is 5.82 Å². The number of fused-ring (bicyclic) bond motifs is 1. The molecule has 6 nitrogen and oxygen atoms in total. The van der Waals surface area contributed by atoms with Gasteiger partial charge in [-0.3, -0.25) is 0 Å². The van der Waals surface area contributed by atoms with Crippen molar-refractivity contribution < 1.29 is 0 Å². The fourth-order valence-corrected chi connectivity index (χ4v) is 3.23. The van der Waals surface area contributed by atoms with Gasteiger partial charge in [-0.15, -0.1) is 0 Å². The number of aryl methyl sites for hydroxylation is 1. The van der Waals surface area contributed by atoms with E-state index in [9.17, 15) is 0 Å². The molecular weight excluding hydrogens is 300 g/mol. The maximum absolute atomic E-state index is 4.53. The van der Waals surface area contributed by atoms with Gasteiger partial charge in [0.15, 0.2) is 0 Å². The number of nitrogens with zero attached hydrogens (tertiary/aromatic N) is 4. The molecule has 0 spiro atoms. The van der Waals surface area contributed by atoms with Crippen LogP contribution >= 0.6 is 0 Å². The molecule has 2 aromatic heterocycles. The highest BCUT2D eigenvalue weighted by Gasteiger charge is 2.18. The van der Waals surface area contributed by atoms with Crippen LogP contribution in [-0.4, -0.2) is 32.7 Å². The second-order valence-corrected chi connectivity index (χ2v) is 6.31. The lowest BCUT2D eigenvalue weighted by molar-refractivity contribution is 0.390. The predicted molar refractivity (Wildman–Crippen MR) is 94.2 cm³/mol. The van der Waals surface area contributed by atoms with Gasteiger partial charge in [-0.25, -0.2) is 9.36 Å². The molecule has 3 heterocycles. The zero-order valence-electron chi connectivity index (χ0n) is 13.8. The van der Waals surface area contributed by atoms with Crippen LogP contribution in [0.1, 0.15) is 11.3 Å². The van der Waals surface area contributed by atoms with Crippen LogP contribution in [0.3, 0.4) is 0 Å². The molecule has 4 rings (SSSR count). The topological polar surface area (TPSA) is 59.7 Å². The summed E-state index contributed by atoms with van der Waals surface area (Å²) < 4.78 is 3.99. The Morgan fingerprint density at radius 2 is 2.21 bits per heavy atom. The number of rotatable bonds is 5. The average molecular weight is 322 g/mol. The molecule has 1 aromatic carbocycles. The molecule has 0 saturated carbocycles. The summed E-state index contributed by atoms with van der Waals surface area (Å²) >= 11 is 0. The van der Waals surface area contributed by atoms with Crippen LogP contribution < -0.4 is 10.6 Å². The number of anilines is 1. The lowest BCUT2D eigenvalue weighted by Crippen LogP contribution is -2.35. The van der Waals surface area contributed by atoms with Crippen LogP contribution in [-0.2, 0) is 13.1 Å². The van der Waals surface area contributed by atoms with Crippen molar-refractivity contribution in [3.63, 3.8) is 0 Å². The summed E-state index contributed by atoms with van der Waals surface area (Å²) in [4.78, 5) is 0. The highest BCUT2D eigenvalue weighted by Crippen LogP contribution is 2.18. The maximum Gasteiger partial charge on any atom is 0.124 e. The minimum absolute atomic E-state index is 0.536. The maximum atomic E-state index is 4.53. The third kappa shape index (κ3) is 3.05. The normalized spacial score (nSPS) is 16.6. The smallest absolute Gasteiger partial charge is 0.124 e. The van der Waals surface area contributed by atoms with Crippen molar-refractivity contribution in [2.24, 2.45) is 5.92 Å². The van der Waals surface area contributed by atoms with Crippen LogP contribution in [0, 0.1) is 12.8 Å². The van der Waals surface area contributed by atoms with Gasteiger partial charge in [0.05, 0.1) is 11.4 Å². The van der Waals surface area contributed by atoms with E-state index in [1.54, 1.807) is 0 Å². The quantitative estimate of drug-likeness (QED) is 0.756. The van der Waals surface area contributed by atoms with Crippen molar-refractivity contribution in [1.29, 1.82) is 0 Å². The molecule has 0 amide bonds. The second kappa shape index (κ2) is 6.49. The SMILES string of the molecule is Cc1cc2n(n1)C[C@@H](CNCc1ccccc1-n1cccn1)CN2. The van der Waals surface area contributed by atoms with Crippen LogP contribution in [0.5, 0.6) is 0 Å². The molecule has 0 radical (unpaired) electrons. The third-order valence-electron chi connectivity index (χ3n) is 4.40. The molecule has 0 unspecified atom stereocenters. The number of para-hydroxylation sites is 1. The van der Waals surface area contributed by atoms with Gasteiger partial charge in [-0.1, -0.05) is 18.2 Å². The highest BCUT2D eigenvalue weighted by atomic mass is 15.3. The fraction of sp³-hybridized carbons (Fsp3) is 0.333. The number of benzene rings is 1. The molecule has 0 aliphatic carbocycles. The van der Waals surface area contributed by atoms with Gasteiger partial charge in [0.1, 0.15) is 5.82 Å². The molecule has 6 heteroatoms. The van der Waals surface area contributed by atoms with Gasteiger partial charge in [-0.2, -0.15) is 10.2 Å². The first-order valence-corrected chi connectivity index (χ1v) is 8.36. The Kier molecular flexibility index (Phi) is 4.04. The van der Waals surface area contributed by atoms with Gasteiger partial charge >= 0.3 is 0 Å². The molecule has 1 aliphatic heterocycles. The Bertz CT molecular complexity index is 805. The van der Waals surface area contributed by atoms with Gasteiger partial charge < -0.3 is 10.6 Å². The summed E-state index contributed by atoms with van der Waals surface area (Å²) in [5.74, 6) is 1.67. The summed E-state index contributed by atoms with van der Waals surface area (Å²) in [5.41, 5.74) is 3.45. The van der Waals surface area contributed by atoms with Gasteiger partial charge in [0.25, 0.3) is 0 Å². The first kappa shape index (κ1) is 15.0. The van der Waals surface area contributed by atoms with Crippen molar-refractivity contribution >= 4 is 5.82 Å². The number of nitrogens with one attached hydrogen (secondary N) is 2. The third-order valence-corrected chi connectivity index (χ3v) is 4.40. The van der Waals surface area contributed by atoms with Crippen molar-refractivity contribution in [3.05, 3.63) is 60.0 Å². The van der Waals surface area contributed by atoms with E-state index in [0.717, 1.165) is 43.4 Å². The summed E-state index contributed by atoms with van der Waals surface area (Å²) in [6.07, 6.45) is 3.78. The lowest BCUT2D eigenvalue weighted by atomic mass is 10.1. The molecule has 1 atom stereocenters. The Balaban J connectivity index is 1.37.